The predicted molar refractivity (Wildman–Crippen MR) is 102 cm³/mol. The van der Waals surface area contributed by atoms with Gasteiger partial charge in [-0.25, -0.2) is 4.98 Å². The number of fused-ring (bicyclic) bond motifs is 1. The second-order valence-electron chi connectivity index (χ2n) is 6.48. The van der Waals surface area contributed by atoms with E-state index in [0.29, 0.717) is 24.5 Å². The Bertz CT molecular complexity index is 975. The first-order valence-electron chi connectivity index (χ1n) is 8.87. The van der Waals surface area contributed by atoms with Crippen molar-refractivity contribution >= 4 is 16.9 Å². The van der Waals surface area contributed by atoms with Gasteiger partial charge < -0.3 is 14.7 Å². The zero-order valence-corrected chi connectivity index (χ0v) is 15.0. The van der Waals surface area contributed by atoms with Gasteiger partial charge in [0.25, 0.3) is 0 Å². The highest BCUT2D eigenvalue weighted by Crippen LogP contribution is 2.33. The highest BCUT2D eigenvalue weighted by Gasteiger charge is 2.33. The first kappa shape index (κ1) is 17.3. The van der Waals surface area contributed by atoms with Crippen molar-refractivity contribution in [1.82, 2.24) is 10.0 Å². The summed E-state index contributed by atoms with van der Waals surface area (Å²) >= 11 is 0. The molecule has 1 atom stereocenters. The second kappa shape index (κ2) is 7.25. The first-order chi connectivity index (χ1) is 13.2. The fraction of sp³-hybridized carbons (Fsp3) is 0.238. The number of aromatic nitrogens is 1. The van der Waals surface area contributed by atoms with Crippen LogP contribution in [0.15, 0.2) is 54.6 Å². The van der Waals surface area contributed by atoms with Crippen molar-refractivity contribution in [2.24, 2.45) is 0 Å². The van der Waals surface area contributed by atoms with E-state index in [0.717, 1.165) is 28.6 Å². The summed E-state index contributed by atoms with van der Waals surface area (Å²) in [6.45, 7) is 0.581. The van der Waals surface area contributed by atoms with E-state index in [2.05, 4.69) is 0 Å². The SMILES string of the molecule is COc1ccc2c(ON3CCCC3C(=O)O)cc(-c3ccccc3)nc2c1. The Kier molecular flexibility index (Phi) is 4.64. The Balaban J connectivity index is 1.81. The maximum Gasteiger partial charge on any atom is 0.324 e. The molecule has 2 aromatic carbocycles. The zero-order chi connectivity index (χ0) is 18.8. The minimum absolute atomic E-state index is 0.581. The molecule has 1 aromatic heterocycles. The number of rotatable bonds is 5. The van der Waals surface area contributed by atoms with E-state index in [-0.39, 0.29) is 0 Å². The normalized spacial score (nSPS) is 17.1. The summed E-state index contributed by atoms with van der Waals surface area (Å²) in [5, 5.41) is 11.8. The number of nitrogens with zero attached hydrogens (tertiary/aromatic N) is 2. The molecule has 1 aliphatic heterocycles. The lowest BCUT2D eigenvalue weighted by Gasteiger charge is -2.22. The number of methoxy groups -OCH3 is 1. The Labute approximate surface area is 156 Å². The molecule has 4 rings (SSSR count). The maximum atomic E-state index is 11.5. The third-order valence-corrected chi connectivity index (χ3v) is 4.75. The summed E-state index contributed by atoms with van der Waals surface area (Å²) in [5.41, 5.74) is 2.46. The quantitative estimate of drug-likeness (QED) is 0.743. The summed E-state index contributed by atoms with van der Waals surface area (Å²) in [5.74, 6) is 0.432. The van der Waals surface area contributed by atoms with E-state index in [4.69, 9.17) is 14.6 Å². The summed E-state index contributed by atoms with van der Waals surface area (Å²) in [6.07, 6.45) is 1.37. The third-order valence-electron chi connectivity index (χ3n) is 4.75. The summed E-state index contributed by atoms with van der Waals surface area (Å²) in [7, 11) is 1.61. The van der Waals surface area contributed by atoms with E-state index in [1.807, 2.05) is 54.6 Å². The number of hydrogen-bond donors (Lipinski definition) is 1. The molecule has 0 saturated carbocycles. The van der Waals surface area contributed by atoms with Crippen LogP contribution in [-0.4, -0.2) is 40.8 Å². The molecule has 0 radical (unpaired) electrons. The van der Waals surface area contributed by atoms with Crippen molar-refractivity contribution in [3.05, 3.63) is 54.6 Å². The number of hydrogen-bond acceptors (Lipinski definition) is 5. The Hall–Kier alpha value is -3.12. The average molecular weight is 364 g/mol. The van der Waals surface area contributed by atoms with Gasteiger partial charge in [-0.2, -0.15) is 0 Å². The van der Waals surface area contributed by atoms with Crippen molar-refractivity contribution in [3.63, 3.8) is 0 Å². The van der Waals surface area contributed by atoms with E-state index >= 15 is 0 Å². The van der Waals surface area contributed by atoms with Crippen molar-refractivity contribution < 1.29 is 19.5 Å². The van der Waals surface area contributed by atoms with Crippen LogP contribution < -0.4 is 9.57 Å². The van der Waals surface area contributed by atoms with Crippen molar-refractivity contribution in [2.45, 2.75) is 18.9 Å². The van der Waals surface area contributed by atoms with Crippen LogP contribution in [0.4, 0.5) is 0 Å². The molecule has 0 spiro atoms. The fourth-order valence-corrected chi connectivity index (χ4v) is 3.36. The Morgan fingerprint density at radius 3 is 2.74 bits per heavy atom. The highest BCUT2D eigenvalue weighted by molar-refractivity contribution is 5.89. The molecule has 6 nitrogen and oxygen atoms in total. The average Bonchev–Trinajstić information content (AvgIpc) is 3.16. The van der Waals surface area contributed by atoms with Gasteiger partial charge in [-0.15, -0.1) is 5.06 Å². The number of carboxylic acids is 1. The molecular weight excluding hydrogens is 344 g/mol. The van der Waals surface area contributed by atoms with Gasteiger partial charge in [0.05, 0.1) is 18.3 Å². The smallest absolute Gasteiger partial charge is 0.324 e. The molecule has 6 heteroatoms. The van der Waals surface area contributed by atoms with Crippen LogP contribution in [0.1, 0.15) is 12.8 Å². The Morgan fingerprint density at radius 1 is 1.19 bits per heavy atom. The molecule has 2 heterocycles. The monoisotopic (exact) mass is 364 g/mol. The lowest BCUT2D eigenvalue weighted by Crippen LogP contribution is -2.38. The van der Waals surface area contributed by atoms with Crippen molar-refractivity contribution in [2.75, 3.05) is 13.7 Å². The van der Waals surface area contributed by atoms with Gasteiger partial charge >= 0.3 is 5.97 Å². The van der Waals surface area contributed by atoms with Crippen LogP contribution in [0.5, 0.6) is 11.5 Å². The molecule has 1 fully saturated rings. The molecule has 138 valence electrons. The van der Waals surface area contributed by atoms with Crippen molar-refractivity contribution in [1.29, 1.82) is 0 Å². The molecule has 0 bridgehead atoms. The van der Waals surface area contributed by atoms with E-state index in [1.54, 1.807) is 12.2 Å². The largest absolute Gasteiger partial charge is 0.497 e. The minimum Gasteiger partial charge on any atom is -0.497 e. The molecule has 1 saturated heterocycles. The van der Waals surface area contributed by atoms with Crippen LogP contribution in [-0.2, 0) is 4.79 Å². The number of pyridine rings is 1. The first-order valence-corrected chi connectivity index (χ1v) is 8.87. The lowest BCUT2D eigenvalue weighted by molar-refractivity contribution is -0.154. The number of benzene rings is 2. The Morgan fingerprint density at radius 2 is 2.00 bits per heavy atom. The highest BCUT2D eigenvalue weighted by atomic mass is 16.7. The number of carboxylic acid groups (broad SMARTS) is 1. The summed E-state index contributed by atoms with van der Waals surface area (Å²) in [4.78, 5) is 22.3. The fourth-order valence-electron chi connectivity index (χ4n) is 3.36. The minimum atomic E-state index is -0.865. The van der Waals surface area contributed by atoms with Gasteiger partial charge in [0, 0.05) is 29.6 Å². The van der Waals surface area contributed by atoms with Gasteiger partial charge in [0.15, 0.2) is 5.75 Å². The zero-order valence-electron chi connectivity index (χ0n) is 15.0. The lowest BCUT2D eigenvalue weighted by atomic mass is 10.1. The summed E-state index contributed by atoms with van der Waals surface area (Å²) < 4.78 is 5.32. The third kappa shape index (κ3) is 3.44. The second-order valence-corrected chi connectivity index (χ2v) is 6.48. The van der Waals surface area contributed by atoms with Crippen LogP contribution in [0.2, 0.25) is 0 Å². The van der Waals surface area contributed by atoms with Gasteiger partial charge in [-0.05, 0) is 25.0 Å². The van der Waals surface area contributed by atoms with E-state index < -0.39 is 12.0 Å². The molecule has 27 heavy (non-hydrogen) atoms. The molecule has 1 aliphatic rings. The number of hydroxylamine groups is 2. The number of ether oxygens (including phenoxy) is 1. The molecule has 0 amide bonds. The van der Waals surface area contributed by atoms with Crippen LogP contribution in [0.25, 0.3) is 22.2 Å². The topological polar surface area (TPSA) is 71.9 Å². The standard InChI is InChI=1S/C21H20N2O4/c1-26-15-9-10-16-18(12-15)22-17(14-6-3-2-4-7-14)13-20(16)27-23-11-5-8-19(23)21(24)25/h2-4,6-7,9-10,12-13,19H,5,8,11H2,1H3,(H,24,25). The predicted octanol–water partition coefficient (Wildman–Crippen LogP) is 3.75. The molecule has 3 aromatic rings. The molecular formula is C21H20N2O4. The number of carbonyl (C=O) groups is 1. The van der Waals surface area contributed by atoms with E-state index in [9.17, 15) is 9.90 Å². The number of aliphatic carboxylic acids is 1. The van der Waals surface area contributed by atoms with Crippen LogP contribution in [0, 0.1) is 0 Å². The van der Waals surface area contributed by atoms with Gasteiger partial charge in [0.2, 0.25) is 0 Å². The molecule has 0 aliphatic carbocycles. The molecule has 1 unspecified atom stereocenters. The summed E-state index contributed by atoms with van der Waals surface area (Å²) in [6, 6.07) is 16.6. The molecule has 1 N–H and O–H groups in total. The van der Waals surface area contributed by atoms with Crippen molar-refractivity contribution in [3.8, 4) is 22.8 Å². The maximum absolute atomic E-state index is 11.5. The van der Waals surface area contributed by atoms with E-state index in [1.165, 1.54) is 0 Å². The van der Waals surface area contributed by atoms with Gasteiger partial charge in [-0.3, -0.25) is 4.79 Å². The van der Waals surface area contributed by atoms with Crippen LogP contribution in [0.3, 0.4) is 0 Å². The van der Waals surface area contributed by atoms with Gasteiger partial charge in [-0.1, -0.05) is 30.3 Å². The van der Waals surface area contributed by atoms with Gasteiger partial charge in [0.1, 0.15) is 11.8 Å². The van der Waals surface area contributed by atoms with Crippen LogP contribution >= 0.6 is 0 Å².